The van der Waals surface area contributed by atoms with E-state index in [1.165, 1.54) is 7.11 Å². The molecule has 118 valence electrons. The van der Waals surface area contributed by atoms with Crippen LogP contribution >= 0.6 is 0 Å². The van der Waals surface area contributed by atoms with Crippen LogP contribution in [0, 0.1) is 11.3 Å². The molecule has 22 heavy (non-hydrogen) atoms. The minimum Gasteiger partial charge on any atom is -0.495 e. The SMILES string of the molecule is CNC(=O)CCOCCC(=O)Nc1ccc(OC)c(C#N)c1. The second-order valence-electron chi connectivity index (χ2n) is 4.36. The van der Waals surface area contributed by atoms with E-state index in [1.807, 2.05) is 6.07 Å². The average Bonchev–Trinajstić information content (AvgIpc) is 2.54. The highest BCUT2D eigenvalue weighted by Gasteiger charge is 2.07. The van der Waals surface area contributed by atoms with Gasteiger partial charge in [-0.3, -0.25) is 9.59 Å². The van der Waals surface area contributed by atoms with E-state index in [1.54, 1.807) is 25.2 Å². The number of hydrogen-bond donors (Lipinski definition) is 2. The number of rotatable bonds is 8. The highest BCUT2D eigenvalue weighted by atomic mass is 16.5. The maximum atomic E-state index is 11.7. The van der Waals surface area contributed by atoms with E-state index in [4.69, 9.17) is 14.7 Å². The molecule has 0 radical (unpaired) electrons. The smallest absolute Gasteiger partial charge is 0.226 e. The molecule has 2 N–H and O–H groups in total. The van der Waals surface area contributed by atoms with Crippen LogP contribution in [-0.2, 0) is 14.3 Å². The Morgan fingerprint density at radius 1 is 1.23 bits per heavy atom. The number of nitrogens with one attached hydrogen (secondary N) is 2. The zero-order valence-electron chi connectivity index (χ0n) is 12.6. The number of amides is 2. The Kier molecular flexibility index (Phi) is 7.43. The summed E-state index contributed by atoms with van der Waals surface area (Å²) in [6.45, 7) is 0.498. The van der Waals surface area contributed by atoms with Gasteiger partial charge < -0.3 is 20.1 Å². The number of nitrogens with zero attached hydrogens (tertiary/aromatic N) is 1. The summed E-state index contributed by atoms with van der Waals surface area (Å²) >= 11 is 0. The van der Waals surface area contributed by atoms with Crippen molar-refractivity contribution in [1.29, 1.82) is 5.26 Å². The van der Waals surface area contributed by atoms with Gasteiger partial charge in [0.25, 0.3) is 0 Å². The van der Waals surface area contributed by atoms with Crippen LogP contribution in [-0.4, -0.2) is 39.2 Å². The number of ether oxygens (including phenoxy) is 2. The van der Waals surface area contributed by atoms with E-state index in [2.05, 4.69) is 10.6 Å². The van der Waals surface area contributed by atoms with Crippen molar-refractivity contribution >= 4 is 17.5 Å². The predicted octanol–water partition coefficient (Wildman–Crippen LogP) is 1.05. The van der Waals surface area contributed by atoms with Gasteiger partial charge in [0, 0.05) is 19.2 Å². The highest BCUT2D eigenvalue weighted by Crippen LogP contribution is 2.21. The Labute approximate surface area is 129 Å². The first kappa shape index (κ1) is 17.5. The molecule has 0 bridgehead atoms. The van der Waals surface area contributed by atoms with Crippen LogP contribution in [0.5, 0.6) is 5.75 Å². The number of methoxy groups -OCH3 is 1. The van der Waals surface area contributed by atoms with Gasteiger partial charge in [0.1, 0.15) is 11.8 Å². The molecule has 7 heteroatoms. The largest absolute Gasteiger partial charge is 0.495 e. The summed E-state index contributed by atoms with van der Waals surface area (Å²) in [6.07, 6.45) is 0.434. The van der Waals surface area contributed by atoms with Crippen LogP contribution in [0.2, 0.25) is 0 Å². The van der Waals surface area contributed by atoms with Gasteiger partial charge in [0.2, 0.25) is 11.8 Å². The first-order valence-corrected chi connectivity index (χ1v) is 6.77. The Hall–Kier alpha value is -2.59. The molecule has 0 heterocycles. The van der Waals surface area contributed by atoms with Crippen molar-refractivity contribution in [2.75, 3.05) is 32.7 Å². The normalized spacial score (nSPS) is 9.68. The molecule has 0 fully saturated rings. The molecule has 1 aromatic carbocycles. The van der Waals surface area contributed by atoms with E-state index >= 15 is 0 Å². The number of carbonyl (C=O) groups is 2. The molecule has 1 rings (SSSR count). The van der Waals surface area contributed by atoms with E-state index in [0.29, 0.717) is 17.0 Å². The summed E-state index contributed by atoms with van der Waals surface area (Å²) in [5.74, 6) is 0.124. The van der Waals surface area contributed by atoms with Gasteiger partial charge in [-0.25, -0.2) is 0 Å². The number of carbonyl (C=O) groups excluding carboxylic acids is 2. The molecule has 0 atom stereocenters. The lowest BCUT2D eigenvalue weighted by atomic mass is 10.2. The van der Waals surface area contributed by atoms with Crippen molar-refractivity contribution in [3.63, 3.8) is 0 Å². The van der Waals surface area contributed by atoms with E-state index < -0.39 is 0 Å². The van der Waals surface area contributed by atoms with E-state index in [0.717, 1.165) is 0 Å². The summed E-state index contributed by atoms with van der Waals surface area (Å²) in [5, 5.41) is 14.1. The van der Waals surface area contributed by atoms with Gasteiger partial charge >= 0.3 is 0 Å². The summed E-state index contributed by atoms with van der Waals surface area (Å²) in [5.41, 5.74) is 0.870. The molecule has 0 saturated heterocycles. The van der Waals surface area contributed by atoms with Crippen molar-refractivity contribution in [3.05, 3.63) is 23.8 Å². The minimum atomic E-state index is -0.228. The molecule has 0 aromatic heterocycles. The first-order valence-electron chi connectivity index (χ1n) is 6.77. The number of hydrogen-bond acceptors (Lipinski definition) is 5. The maximum absolute atomic E-state index is 11.7. The van der Waals surface area contributed by atoms with Crippen LogP contribution in [0.4, 0.5) is 5.69 Å². The Morgan fingerprint density at radius 2 is 1.91 bits per heavy atom. The topological polar surface area (TPSA) is 100 Å². The van der Waals surface area contributed by atoms with Crippen LogP contribution in [0.3, 0.4) is 0 Å². The second-order valence-corrected chi connectivity index (χ2v) is 4.36. The maximum Gasteiger partial charge on any atom is 0.226 e. The molecular weight excluding hydrogens is 286 g/mol. The molecule has 0 spiro atoms. The van der Waals surface area contributed by atoms with Crippen molar-refractivity contribution in [1.82, 2.24) is 5.32 Å². The Morgan fingerprint density at radius 3 is 2.50 bits per heavy atom. The lowest BCUT2D eigenvalue weighted by molar-refractivity contribution is -0.121. The van der Waals surface area contributed by atoms with Gasteiger partial charge in [-0.2, -0.15) is 5.26 Å². The second kappa shape index (κ2) is 9.37. The van der Waals surface area contributed by atoms with Gasteiger partial charge in [-0.05, 0) is 18.2 Å². The third-order valence-electron chi connectivity index (χ3n) is 2.83. The average molecular weight is 305 g/mol. The van der Waals surface area contributed by atoms with Gasteiger partial charge in [0.05, 0.1) is 32.3 Å². The summed E-state index contributed by atoms with van der Waals surface area (Å²) in [4.78, 5) is 22.7. The van der Waals surface area contributed by atoms with Gasteiger partial charge in [0.15, 0.2) is 0 Å². The fourth-order valence-corrected chi connectivity index (χ4v) is 1.65. The van der Waals surface area contributed by atoms with Crippen LogP contribution in [0.25, 0.3) is 0 Å². The van der Waals surface area contributed by atoms with Crippen molar-refractivity contribution in [2.45, 2.75) is 12.8 Å². The van der Waals surface area contributed by atoms with E-state index in [9.17, 15) is 9.59 Å². The summed E-state index contributed by atoms with van der Waals surface area (Å²) in [7, 11) is 3.03. The zero-order chi connectivity index (χ0) is 16.4. The Bertz CT molecular complexity index is 566. The molecule has 7 nitrogen and oxygen atoms in total. The number of benzene rings is 1. The third-order valence-corrected chi connectivity index (χ3v) is 2.83. The van der Waals surface area contributed by atoms with Crippen molar-refractivity contribution < 1.29 is 19.1 Å². The first-order chi connectivity index (χ1) is 10.6. The van der Waals surface area contributed by atoms with Gasteiger partial charge in [-0.1, -0.05) is 0 Å². The molecule has 0 unspecified atom stereocenters. The van der Waals surface area contributed by atoms with Crippen LogP contribution < -0.4 is 15.4 Å². The molecule has 1 aromatic rings. The lowest BCUT2D eigenvalue weighted by Crippen LogP contribution is -2.20. The highest BCUT2D eigenvalue weighted by molar-refractivity contribution is 5.91. The molecular formula is C15H19N3O4. The summed E-state index contributed by atoms with van der Waals surface area (Å²) in [6, 6.07) is 6.82. The van der Waals surface area contributed by atoms with E-state index in [-0.39, 0.29) is 37.9 Å². The quantitative estimate of drug-likeness (QED) is 0.699. The standard InChI is InChI=1S/C15H19N3O4/c1-17-14(19)5-7-22-8-6-15(20)18-12-3-4-13(21-2)11(9-12)10-16/h3-4,9H,5-8H2,1-2H3,(H,17,19)(H,18,20). The van der Waals surface area contributed by atoms with Crippen molar-refractivity contribution in [3.8, 4) is 11.8 Å². The predicted molar refractivity (Wildman–Crippen MR) is 80.5 cm³/mol. The minimum absolute atomic E-state index is 0.105. The third kappa shape index (κ3) is 5.81. The molecule has 0 aliphatic rings. The van der Waals surface area contributed by atoms with Crippen molar-refractivity contribution in [2.24, 2.45) is 0 Å². The number of anilines is 1. The van der Waals surface area contributed by atoms with Gasteiger partial charge in [-0.15, -0.1) is 0 Å². The zero-order valence-corrected chi connectivity index (χ0v) is 12.6. The number of nitriles is 1. The fraction of sp³-hybridized carbons (Fsp3) is 0.400. The van der Waals surface area contributed by atoms with Crippen LogP contribution in [0.15, 0.2) is 18.2 Å². The molecule has 0 saturated carbocycles. The molecule has 0 aliphatic heterocycles. The summed E-state index contributed by atoms with van der Waals surface area (Å²) < 4.78 is 10.2. The monoisotopic (exact) mass is 305 g/mol. The fourth-order valence-electron chi connectivity index (χ4n) is 1.65. The Balaban J connectivity index is 2.36. The van der Waals surface area contributed by atoms with Crippen LogP contribution in [0.1, 0.15) is 18.4 Å². The molecule has 0 aliphatic carbocycles. The lowest BCUT2D eigenvalue weighted by Gasteiger charge is -2.08. The molecule has 2 amide bonds.